The number of hydrogen-bond donors (Lipinski definition) is 1. The maximum atomic E-state index is 13.6. The van der Waals surface area contributed by atoms with E-state index in [-0.39, 0.29) is 36.4 Å². The molecule has 6 nitrogen and oxygen atoms in total. The van der Waals surface area contributed by atoms with Crippen LogP contribution in [0, 0.1) is 26.6 Å². The summed E-state index contributed by atoms with van der Waals surface area (Å²) in [5.41, 5.74) is 3.74. The molecule has 1 aromatic heterocycles. The van der Waals surface area contributed by atoms with Crippen molar-refractivity contribution in [2.24, 2.45) is 0 Å². The summed E-state index contributed by atoms with van der Waals surface area (Å²) in [5.74, 6) is -1.53. The summed E-state index contributed by atoms with van der Waals surface area (Å²) in [4.78, 5) is 43.8. The monoisotopic (exact) mass is 464 g/mol. The summed E-state index contributed by atoms with van der Waals surface area (Å²) >= 11 is 0. The molecule has 3 aromatic rings. The Morgan fingerprint density at radius 3 is 2.21 bits per heavy atom. The van der Waals surface area contributed by atoms with Crippen molar-refractivity contribution >= 4 is 17.7 Å². The van der Waals surface area contributed by atoms with Gasteiger partial charge in [-0.2, -0.15) is 0 Å². The first-order valence-corrected chi connectivity index (χ1v) is 11.2. The number of aromatic nitrogens is 1. The van der Waals surface area contributed by atoms with Gasteiger partial charge in [0.1, 0.15) is 11.5 Å². The highest BCUT2D eigenvalue weighted by atomic mass is 19.1. The van der Waals surface area contributed by atoms with Gasteiger partial charge in [0.05, 0.1) is 12.6 Å². The van der Waals surface area contributed by atoms with Crippen molar-refractivity contribution in [1.29, 1.82) is 0 Å². The van der Waals surface area contributed by atoms with Crippen LogP contribution in [-0.4, -0.2) is 40.2 Å². The van der Waals surface area contributed by atoms with Crippen molar-refractivity contribution in [3.63, 3.8) is 0 Å². The molecule has 0 aliphatic carbocycles. The van der Waals surface area contributed by atoms with Gasteiger partial charge in [-0.1, -0.05) is 29.8 Å². The second-order valence-electron chi connectivity index (χ2n) is 8.31. The van der Waals surface area contributed by atoms with Gasteiger partial charge in [-0.25, -0.2) is 9.18 Å². The number of carbonyl (C=O) groups is 3. The molecule has 0 radical (unpaired) electrons. The van der Waals surface area contributed by atoms with E-state index in [2.05, 4.69) is 4.98 Å². The Morgan fingerprint density at radius 2 is 1.62 bits per heavy atom. The lowest BCUT2D eigenvalue weighted by molar-refractivity contribution is 0.0518. The minimum atomic E-state index is -0.845. The molecule has 0 aliphatic heterocycles. The van der Waals surface area contributed by atoms with Crippen molar-refractivity contribution in [2.75, 3.05) is 6.61 Å². The summed E-state index contributed by atoms with van der Waals surface area (Å²) in [6.45, 7) is 9.02. The van der Waals surface area contributed by atoms with E-state index >= 15 is 0 Å². The summed E-state index contributed by atoms with van der Waals surface area (Å²) < 4.78 is 18.5. The van der Waals surface area contributed by atoms with Gasteiger partial charge >= 0.3 is 5.97 Å². The Morgan fingerprint density at radius 1 is 1.00 bits per heavy atom. The van der Waals surface area contributed by atoms with E-state index in [1.165, 1.54) is 17.0 Å². The van der Waals surface area contributed by atoms with Gasteiger partial charge in [0, 0.05) is 23.4 Å². The minimum absolute atomic E-state index is 0.118. The molecule has 0 saturated carbocycles. The molecule has 0 saturated heterocycles. The van der Waals surface area contributed by atoms with Crippen molar-refractivity contribution in [2.45, 2.75) is 47.2 Å². The molecule has 1 heterocycles. The number of halogens is 1. The molecule has 1 N–H and O–H groups in total. The third kappa shape index (κ3) is 5.25. The van der Waals surface area contributed by atoms with Gasteiger partial charge in [0.25, 0.3) is 5.91 Å². The first kappa shape index (κ1) is 24.9. The van der Waals surface area contributed by atoms with Crippen molar-refractivity contribution in [3.05, 3.63) is 93.6 Å². The van der Waals surface area contributed by atoms with Crippen LogP contribution in [0.2, 0.25) is 0 Å². The number of esters is 1. The number of aromatic amines is 1. The number of hydrogen-bond acceptors (Lipinski definition) is 4. The zero-order valence-electron chi connectivity index (χ0n) is 20.1. The van der Waals surface area contributed by atoms with Gasteiger partial charge in [-0.05, 0) is 70.0 Å². The molecule has 0 fully saturated rings. The van der Waals surface area contributed by atoms with Gasteiger partial charge < -0.3 is 14.6 Å². The third-order valence-corrected chi connectivity index (χ3v) is 5.84. The fourth-order valence-electron chi connectivity index (χ4n) is 3.91. The van der Waals surface area contributed by atoms with Crippen molar-refractivity contribution in [3.8, 4) is 0 Å². The summed E-state index contributed by atoms with van der Waals surface area (Å²) in [5, 5.41) is 0. The number of Topliss-reactive ketones (excluding diaryl/α,β-unsaturated/α-hetero) is 1. The Labute approximate surface area is 198 Å². The minimum Gasteiger partial charge on any atom is -0.461 e. The van der Waals surface area contributed by atoms with E-state index in [1.807, 2.05) is 19.1 Å². The summed E-state index contributed by atoms with van der Waals surface area (Å²) in [6.07, 6.45) is 0. The second-order valence-corrected chi connectivity index (χ2v) is 8.31. The lowest BCUT2D eigenvalue weighted by Crippen LogP contribution is -2.43. The van der Waals surface area contributed by atoms with Crippen LogP contribution in [0.1, 0.15) is 67.4 Å². The summed E-state index contributed by atoms with van der Waals surface area (Å²) in [6, 6.07) is 12.1. The SMILES string of the molecule is CCOC(=O)c1[nH]c(C)c(C(=O)[C@H](C)N(Cc2ccc(F)cc2)C(=O)c2ccc(C)cc2)c1C. The van der Waals surface area contributed by atoms with Crippen molar-refractivity contribution in [1.82, 2.24) is 9.88 Å². The molecule has 178 valence electrons. The predicted octanol–water partition coefficient (Wildman–Crippen LogP) is 5.17. The fraction of sp³-hybridized carbons (Fsp3) is 0.296. The first-order valence-electron chi connectivity index (χ1n) is 11.2. The molecule has 0 bridgehead atoms. The van der Waals surface area contributed by atoms with Gasteiger partial charge in [0.2, 0.25) is 0 Å². The number of nitrogens with one attached hydrogen (secondary N) is 1. The van der Waals surface area contributed by atoms with E-state index in [1.54, 1.807) is 52.0 Å². The molecule has 1 atom stereocenters. The Hall–Kier alpha value is -3.74. The smallest absolute Gasteiger partial charge is 0.355 e. The van der Waals surface area contributed by atoms with Crippen LogP contribution in [-0.2, 0) is 11.3 Å². The molecule has 34 heavy (non-hydrogen) atoms. The molecule has 7 heteroatoms. The standard InChI is InChI=1S/C27H29FN2O4/c1-6-34-27(33)24-17(3)23(18(4)29-24)25(31)19(5)30(15-20-9-13-22(28)14-10-20)26(32)21-11-7-16(2)8-12-21/h7-14,19,29H,6,15H2,1-5H3/t19-/m0/s1. The number of ketones is 1. The van der Waals surface area contributed by atoms with E-state index in [0.717, 1.165) is 5.56 Å². The van der Waals surface area contributed by atoms with E-state index < -0.39 is 12.0 Å². The lowest BCUT2D eigenvalue weighted by Gasteiger charge is -2.29. The highest BCUT2D eigenvalue weighted by Gasteiger charge is 2.32. The van der Waals surface area contributed by atoms with Crippen molar-refractivity contribution < 1.29 is 23.5 Å². The molecule has 0 aliphatic rings. The van der Waals surface area contributed by atoms with E-state index in [9.17, 15) is 18.8 Å². The zero-order valence-corrected chi connectivity index (χ0v) is 20.1. The van der Waals surface area contributed by atoms with Gasteiger partial charge in [-0.15, -0.1) is 0 Å². The number of H-pyrrole nitrogens is 1. The molecule has 0 spiro atoms. The molecular weight excluding hydrogens is 435 g/mol. The highest BCUT2D eigenvalue weighted by Crippen LogP contribution is 2.24. The number of amides is 1. The van der Waals surface area contributed by atoms with Gasteiger partial charge in [-0.3, -0.25) is 9.59 Å². The van der Waals surface area contributed by atoms with Crippen LogP contribution in [0.4, 0.5) is 4.39 Å². The van der Waals surface area contributed by atoms with Crippen LogP contribution in [0.3, 0.4) is 0 Å². The summed E-state index contributed by atoms with van der Waals surface area (Å²) in [7, 11) is 0. The van der Waals surface area contributed by atoms with Crippen LogP contribution < -0.4 is 0 Å². The zero-order chi connectivity index (χ0) is 25.0. The number of nitrogens with zero attached hydrogens (tertiary/aromatic N) is 1. The number of aryl methyl sites for hydroxylation is 2. The largest absolute Gasteiger partial charge is 0.461 e. The normalized spacial score (nSPS) is 11.7. The lowest BCUT2D eigenvalue weighted by atomic mass is 9.98. The molecule has 2 aromatic carbocycles. The highest BCUT2D eigenvalue weighted by molar-refractivity contribution is 6.07. The average Bonchev–Trinajstić information content (AvgIpc) is 3.11. The molecule has 3 rings (SSSR count). The molecule has 1 amide bonds. The average molecular weight is 465 g/mol. The Kier molecular flexibility index (Phi) is 7.66. The third-order valence-electron chi connectivity index (χ3n) is 5.84. The number of carbonyl (C=O) groups excluding carboxylic acids is 3. The fourth-order valence-corrected chi connectivity index (χ4v) is 3.91. The van der Waals surface area contributed by atoms with Crippen LogP contribution >= 0.6 is 0 Å². The van der Waals surface area contributed by atoms with Gasteiger partial charge in [0.15, 0.2) is 5.78 Å². The van der Waals surface area contributed by atoms with E-state index in [4.69, 9.17) is 4.74 Å². The molecular formula is C27H29FN2O4. The number of ether oxygens (including phenoxy) is 1. The topological polar surface area (TPSA) is 79.5 Å². The second kappa shape index (κ2) is 10.5. The van der Waals surface area contributed by atoms with Crippen LogP contribution in [0.15, 0.2) is 48.5 Å². The van der Waals surface area contributed by atoms with Crippen LogP contribution in [0.25, 0.3) is 0 Å². The number of benzene rings is 2. The van der Waals surface area contributed by atoms with E-state index in [0.29, 0.717) is 27.9 Å². The maximum Gasteiger partial charge on any atom is 0.355 e. The molecule has 0 unspecified atom stereocenters. The first-order chi connectivity index (χ1) is 16.1. The van der Waals surface area contributed by atoms with Crippen LogP contribution in [0.5, 0.6) is 0 Å². The predicted molar refractivity (Wildman–Crippen MR) is 127 cm³/mol. The maximum absolute atomic E-state index is 13.6. The Bertz CT molecular complexity index is 1200. The quantitative estimate of drug-likeness (QED) is 0.368. The number of rotatable bonds is 8. The Balaban J connectivity index is 1.99.